The van der Waals surface area contributed by atoms with Gasteiger partial charge in [-0.15, -0.1) is 12.4 Å². The highest BCUT2D eigenvalue weighted by molar-refractivity contribution is 5.85. The summed E-state index contributed by atoms with van der Waals surface area (Å²) in [5, 5.41) is 1.37. The van der Waals surface area contributed by atoms with E-state index >= 15 is 0 Å². The zero-order valence-electron chi connectivity index (χ0n) is 10.6. The predicted molar refractivity (Wildman–Crippen MR) is 77.0 cm³/mol. The summed E-state index contributed by atoms with van der Waals surface area (Å²) in [5.41, 5.74) is 2.68. The van der Waals surface area contributed by atoms with E-state index in [-0.39, 0.29) is 12.4 Å². The normalized spacial score (nSPS) is 10.8. The summed E-state index contributed by atoms with van der Waals surface area (Å²) in [6.45, 7) is 7.87. The minimum atomic E-state index is 0. The fourth-order valence-electron chi connectivity index (χ4n) is 2.16. The van der Waals surface area contributed by atoms with Crippen LogP contribution in [0.4, 0.5) is 0 Å². The van der Waals surface area contributed by atoms with E-state index in [0.717, 1.165) is 26.1 Å². The Kier molecular flexibility index (Phi) is 5.52. The number of halogens is 1. The fraction of sp³-hybridized carbons (Fsp3) is 0.429. The molecule has 0 spiro atoms. The van der Waals surface area contributed by atoms with E-state index in [1.807, 2.05) is 0 Å². The molecule has 0 unspecified atom stereocenters. The zero-order valence-corrected chi connectivity index (χ0v) is 11.4. The zero-order chi connectivity index (χ0) is 11.4. The van der Waals surface area contributed by atoms with Crippen LogP contribution in [-0.2, 0) is 6.42 Å². The second kappa shape index (κ2) is 6.67. The highest BCUT2D eigenvalue weighted by atomic mass is 35.5. The molecule has 0 radical (unpaired) electrons. The topological polar surface area (TPSA) is 19.0 Å². The second-order valence-electron chi connectivity index (χ2n) is 4.14. The molecule has 1 heterocycles. The monoisotopic (exact) mass is 252 g/mol. The molecule has 0 saturated heterocycles. The largest absolute Gasteiger partial charge is 0.361 e. The van der Waals surface area contributed by atoms with Gasteiger partial charge >= 0.3 is 0 Å². The number of rotatable bonds is 5. The molecule has 17 heavy (non-hydrogen) atoms. The molecule has 1 N–H and O–H groups in total. The van der Waals surface area contributed by atoms with E-state index in [4.69, 9.17) is 0 Å². The van der Waals surface area contributed by atoms with Gasteiger partial charge in [-0.25, -0.2) is 0 Å². The lowest BCUT2D eigenvalue weighted by atomic mass is 10.1. The maximum Gasteiger partial charge on any atom is 0.0456 e. The van der Waals surface area contributed by atoms with Gasteiger partial charge in [-0.1, -0.05) is 32.0 Å². The number of hydrogen-bond acceptors (Lipinski definition) is 1. The van der Waals surface area contributed by atoms with Gasteiger partial charge in [-0.3, -0.25) is 0 Å². The molecule has 3 heteroatoms. The number of benzene rings is 1. The van der Waals surface area contributed by atoms with Crippen LogP contribution < -0.4 is 0 Å². The van der Waals surface area contributed by atoms with E-state index in [9.17, 15) is 0 Å². The van der Waals surface area contributed by atoms with Crippen LogP contribution in [0.1, 0.15) is 19.4 Å². The van der Waals surface area contributed by atoms with Gasteiger partial charge in [0.2, 0.25) is 0 Å². The van der Waals surface area contributed by atoms with Crippen LogP contribution in [0, 0.1) is 0 Å². The summed E-state index contributed by atoms with van der Waals surface area (Å²) >= 11 is 0. The van der Waals surface area contributed by atoms with Crippen LogP contribution in [0.2, 0.25) is 0 Å². The number of aromatic amines is 1. The Bertz CT molecular complexity index is 446. The van der Waals surface area contributed by atoms with Gasteiger partial charge in [0.15, 0.2) is 0 Å². The third-order valence-corrected chi connectivity index (χ3v) is 3.27. The van der Waals surface area contributed by atoms with Crippen molar-refractivity contribution in [1.82, 2.24) is 9.88 Å². The standard InChI is InChI=1S/C14H20N2.ClH/c1-3-16(4-2)10-9-12-11-15-14-8-6-5-7-13(12)14;/h5-8,11,15H,3-4,9-10H2,1-2H3;1H. The van der Waals surface area contributed by atoms with Crippen LogP contribution in [0.5, 0.6) is 0 Å². The van der Waals surface area contributed by atoms with Crippen LogP contribution in [-0.4, -0.2) is 29.5 Å². The molecule has 0 aliphatic rings. The van der Waals surface area contributed by atoms with E-state index in [1.165, 1.54) is 16.5 Å². The molecule has 1 aromatic heterocycles. The maximum absolute atomic E-state index is 3.33. The van der Waals surface area contributed by atoms with Crippen LogP contribution in [0.25, 0.3) is 10.9 Å². The Hall–Kier alpha value is -0.990. The lowest BCUT2D eigenvalue weighted by molar-refractivity contribution is 0.308. The number of hydrogen-bond donors (Lipinski definition) is 1. The highest BCUT2D eigenvalue weighted by Gasteiger charge is 2.04. The molecule has 0 aliphatic carbocycles. The first-order chi connectivity index (χ1) is 7.85. The summed E-state index contributed by atoms with van der Waals surface area (Å²) in [7, 11) is 0. The number of likely N-dealkylation sites (N-methyl/N-ethyl adjacent to an activating group) is 1. The van der Waals surface area contributed by atoms with Gasteiger partial charge in [0, 0.05) is 23.6 Å². The minimum Gasteiger partial charge on any atom is -0.361 e. The summed E-state index contributed by atoms with van der Waals surface area (Å²) in [6, 6.07) is 8.52. The van der Waals surface area contributed by atoms with Crippen molar-refractivity contribution in [3.05, 3.63) is 36.0 Å². The summed E-state index contributed by atoms with van der Waals surface area (Å²) in [6.07, 6.45) is 3.28. The molecule has 2 aromatic rings. The number of fused-ring (bicyclic) bond motifs is 1. The van der Waals surface area contributed by atoms with Crippen molar-refractivity contribution in [2.24, 2.45) is 0 Å². The van der Waals surface area contributed by atoms with Gasteiger partial charge in [0.1, 0.15) is 0 Å². The molecule has 0 fully saturated rings. The van der Waals surface area contributed by atoms with E-state index in [2.05, 4.69) is 54.2 Å². The van der Waals surface area contributed by atoms with E-state index in [0.29, 0.717) is 0 Å². The van der Waals surface area contributed by atoms with Gasteiger partial charge in [0.05, 0.1) is 0 Å². The Balaban J connectivity index is 0.00000144. The average molecular weight is 253 g/mol. The van der Waals surface area contributed by atoms with Crippen LogP contribution in [0.3, 0.4) is 0 Å². The van der Waals surface area contributed by atoms with Crippen LogP contribution >= 0.6 is 12.4 Å². The summed E-state index contributed by atoms with van der Waals surface area (Å²) in [4.78, 5) is 5.79. The first-order valence-electron chi connectivity index (χ1n) is 6.12. The number of H-pyrrole nitrogens is 1. The Morgan fingerprint density at radius 1 is 1.12 bits per heavy atom. The summed E-state index contributed by atoms with van der Waals surface area (Å²) in [5.74, 6) is 0. The third kappa shape index (κ3) is 3.24. The molecule has 2 nitrogen and oxygen atoms in total. The smallest absolute Gasteiger partial charge is 0.0456 e. The van der Waals surface area contributed by atoms with Crippen molar-refractivity contribution < 1.29 is 0 Å². The van der Waals surface area contributed by atoms with Gasteiger partial charge in [-0.05, 0) is 31.1 Å². The maximum atomic E-state index is 3.33. The van der Waals surface area contributed by atoms with E-state index < -0.39 is 0 Å². The van der Waals surface area contributed by atoms with Crippen molar-refractivity contribution in [3.63, 3.8) is 0 Å². The second-order valence-corrected chi connectivity index (χ2v) is 4.14. The first-order valence-corrected chi connectivity index (χ1v) is 6.12. The Morgan fingerprint density at radius 3 is 2.53 bits per heavy atom. The number of nitrogens with zero attached hydrogens (tertiary/aromatic N) is 1. The number of nitrogens with one attached hydrogen (secondary N) is 1. The molecule has 94 valence electrons. The average Bonchev–Trinajstić information content (AvgIpc) is 2.74. The molecule has 0 aliphatic heterocycles. The van der Waals surface area contributed by atoms with Crippen molar-refractivity contribution >= 4 is 23.3 Å². The summed E-state index contributed by atoms with van der Waals surface area (Å²) < 4.78 is 0. The van der Waals surface area contributed by atoms with Crippen LogP contribution in [0.15, 0.2) is 30.5 Å². The van der Waals surface area contributed by atoms with Gasteiger partial charge in [0.25, 0.3) is 0 Å². The van der Waals surface area contributed by atoms with Crippen molar-refractivity contribution in [2.45, 2.75) is 20.3 Å². The Morgan fingerprint density at radius 2 is 1.82 bits per heavy atom. The SMILES string of the molecule is CCN(CC)CCc1c[nH]c2ccccc12.Cl. The molecule has 0 amide bonds. The molecule has 1 aromatic carbocycles. The van der Waals surface area contributed by atoms with Gasteiger partial charge in [-0.2, -0.15) is 0 Å². The van der Waals surface area contributed by atoms with Crippen molar-refractivity contribution in [3.8, 4) is 0 Å². The molecule has 0 bridgehead atoms. The molecule has 0 atom stereocenters. The number of para-hydroxylation sites is 1. The highest BCUT2D eigenvalue weighted by Crippen LogP contribution is 2.18. The first kappa shape index (κ1) is 14.1. The predicted octanol–water partition coefficient (Wildman–Crippen LogP) is 3.47. The number of aromatic nitrogens is 1. The fourth-order valence-corrected chi connectivity index (χ4v) is 2.16. The molecular weight excluding hydrogens is 232 g/mol. The third-order valence-electron chi connectivity index (χ3n) is 3.27. The molecular formula is C14H21ClN2. The van der Waals surface area contributed by atoms with Crippen molar-refractivity contribution in [1.29, 1.82) is 0 Å². The molecule has 0 saturated carbocycles. The minimum absolute atomic E-state index is 0. The van der Waals surface area contributed by atoms with Gasteiger partial charge < -0.3 is 9.88 Å². The lowest BCUT2D eigenvalue weighted by Crippen LogP contribution is -2.25. The quantitative estimate of drug-likeness (QED) is 0.863. The van der Waals surface area contributed by atoms with Crippen molar-refractivity contribution in [2.75, 3.05) is 19.6 Å². The molecule has 2 rings (SSSR count). The Labute approximate surface area is 109 Å². The van der Waals surface area contributed by atoms with E-state index in [1.54, 1.807) is 0 Å². The lowest BCUT2D eigenvalue weighted by Gasteiger charge is -2.17.